The van der Waals surface area contributed by atoms with Crippen molar-refractivity contribution >= 4 is 17.4 Å². The molecule has 2 heterocycles. The Hall–Kier alpha value is -1.11. The van der Waals surface area contributed by atoms with E-state index in [0.717, 1.165) is 12.8 Å². The Labute approximate surface area is 122 Å². The first-order chi connectivity index (χ1) is 9.83. The van der Waals surface area contributed by atoms with E-state index in [1.165, 1.54) is 4.88 Å². The number of hydrogen-bond acceptors (Lipinski definition) is 4. The molecule has 1 aliphatic carbocycles. The summed E-state index contributed by atoms with van der Waals surface area (Å²) in [5.74, 6) is 0. The lowest BCUT2D eigenvalue weighted by Gasteiger charge is -2.26. The van der Waals surface area contributed by atoms with Gasteiger partial charge in [-0.25, -0.2) is 4.79 Å². The quantitative estimate of drug-likeness (QED) is 0.902. The van der Waals surface area contributed by atoms with Gasteiger partial charge < -0.3 is 19.7 Å². The minimum absolute atomic E-state index is 0.00933. The topological polar surface area (TPSA) is 50.8 Å². The molecular weight excluding hydrogens is 276 g/mol. The van der Waals surface area contributed by atoms with Gasteiger partial charge in [0.15, 0.2) is 0 Å². The van der Waals surface area contributed by atoms with Crippen molar-refractivity contribution < 1.29 is 14.3 Å². The van der Waals surface area contributed by atoms with Crippen LogP contribution in [0.3, 0.4) is 0 Å². The van der Waals surface area contributed by atoms with Gasteiger partial charge in [0.05, 0.1) is 32.5 Å². The summed E-state index contributed by atoms with van der Waals surface area (Å²) in [4.78, 5) is 15.5. The first-order valence-electron chi connectivity index (χ1n) is 7.09. The molecule has 1 saturated carbocycles. The Morgan fingerprint density at radius 2 is 2.35 bits per heavy atom. The third-order valence-corrected chi connectivity index (χ3v) is 4.38. The summed E-state index contributed by atoms with van der Waals surface area (Å²) in [6.45, 7) is 3.05. The molecule has 0 unspecified atom stereocenters. The van der Waals surface area contributed by atoms with Crippen molar-refractivity contribution in [3.8, 4) is 0 Å². The van der Waals surface area contributed by atoms with Crippen LogP contribution in [-0.2, 0) is 16.0 Å². The average Bonchev–Trinajstić information content (AvgIpc) is 3.20. The maximum atomic E-state index is 12.3. The summed E-state index contributed by atoms with van der Waals surface area (Å²) in [5.41, 5.74) is 0. The maximum Gasteiger partial charge on any atom is 0.318 e. The van der Waals surface area contributed by atoms with Gasteiger partial charge in [-0.1, -0.05) is 6.07 Å². The van der Waals surface area contributed by atoms with E-state index in [-0.39, 0.29) is 12.1 Å². The van der Waals surface area contributed by atoms with E-state index in [1.807, 2.05) is 16.3 Å². The fourth-order valence-electron chi connectivity index (χ4n) is 2.28. The number of thiophene rings is 1. The molecule has 6 heteroatoms. The smallest absolute Gasteiger partial charge is 0.318 e. The van der Waals surface area contributed by atoms with Crippen molar-refractivity contribution in [1.29, 1.82) is 0 Å². The highest BCUT2D eigenvalue weighted by atomic mass is 32.1. The number of nitrogens with zero attached hydrogens (tertiary/aromatic N) is 1. The molecule has 3 rings (SSSR count). The number of carbonyl (C=O) groups is 1. The molecule has 2 fully saturated rings. The van der Waals surface area contributed by atoms with Gasteiger partial charge in [-0.2, -0.15) is 0 Å². The molecular formula is C14H20N2O3S. The van der Waals surface area contributed by atoms with E-state index in [2.05, 4.69) is 11.4 Å². The largest absolute Gasteiger partial charge is 0.376 e. The van der Waals surface area contributed by atoms with Crippen LogP contribution in [0, 0.1) is 0 Å². The third kappa shape index (κ3) is 3.71. The molecule has 0 bridgehead atoms. The summed E-state index contributed by atoms with van der Waals surface area (Å²) in [7, 11) is 0. The standard InChI is InChI=1S/C14H20N2O3S/c17-14(15-8-12-10-18-5-6-19-12)16(11-3-4-11)9-13-2-1-7-20-13/h1-2,7,11-12H,3-6,8-10H2,(H,15,17)/t12-/m1/s1. The number of ether oxygens (including phenoxy) is 2. The van der Waals surface area contributed by atoms with Gasteiger partial charge in [-0.15, -0.1) is 11.3 Å². The monoisotopic (exact) mass is 296 g/mol. The maximum absolute atomic E-state index is 12.3. The fourth-order valence-corrected chi connectivity index (χ4v) is 2.98. The zero-order chi connectivity index (χ0) is 13.8. The lowest BCUT2D eigenvalue weighted by Crippen LogP contribution is -2.46. The molecule has 1 N–H and O–H groups in total. The van der Waals surface area contributed by atoms with Gasteiger partial charge in [0.25, 0.3) is 0 Å². The number of urea groups is 1. The number of nitrogens with one attached hydrogen (secondary N) is 1. The normalized spacial score (nSPS) is 22.5. The molecule has 110 valence electrons. The number of hydrogen-bond donors (Lipinski definition) is 1. The zero-order valence-corrected chi connectivity index (χ0v) is 12.2. The van der Waals surface area contributed by atoms with Crippen LogP contribution in [0.1, 0.15) is 17.7 Å². The van der Waals surface area contributed by atoms with Crippen LogP contribution < -0.4 is 5.32 Å². The number of rotatable bonds is 5. The minimum Gasteiger partial charge on any atom is -0.376 e. The molecule has 1 aromatic rings. The van der Waals surface area contributed by atoms with Crippen LogP contribution in [0.2, 0.25) is 0 Å². The molecule has 5 nitrogen and oxygen atoms in total. The second-order valence-electron chi connectivity index (χ2n) is 5.19. The van der Waals surface area contributed by atoms with Crippen LogP contribution in [0.4, 0.5) is 4.79 Å². The van der Waals surface area contributed by atoms with Gasteiger partial charge in [0, 0.05) is 17.5 Å². The zero-order valence-electron chi connectivity index (χ0n) is 11.4. The van der Waals surface area contributed by atoms with Crippen molar-refractivity contribution in [2.75, 3.05) is 26.4 Å². The van der Waals surface area contributed by atoms with E-state index < -0.39 is 0 Å². The second-order valence-corrected chi connectivity index (χ2v) is 6.22. The highest BCUT2D eigenvalue weighted by molar-refractivity contribution is 7.09. The van der Waals surface area contributed by atoms with E-state index in [1.54, 1.807) is 11.3 Å². The third-order valence-electron chi connectivity index (χ3n) is 3.52. The van der Waals surface area contributed by atoms with E-state index >= 15 is 0 Å². The SMILES string of the molecule is O=C(NC[C@@H]1COCCO1)N(Cc1cccs1)C1CC1. The lowest BCUT2D eigenvalue weighted by atomic mass is 10.3. The van der Waals surface area contributed by atoms with Crippen LogP contribution in [0.15, 0.2) is 17.5 Å². The predicted octanol–water partition coefficient (Wildman–Crippen LogP) is 1.84. The van der Waals surface area contributed by atoms with Gasteiger partial charge in [0.2, 0.25) is 0 Å². The van der Waals surface area contributed by atoms with Crippen molar-refractivity contribution in [2.45, 2.75) is 31.5 Å². The molecule has 2 amide bonds. The summed E-state index contributed by atoms with van der Waals surface area (Å²) < 4.78 is 10.9. The Morgan fingerprint density at radius 1 is 1.45 bits per heavy atom. The van der Waals surface area contributed by atoms with Crippen LogP contribution >= 0.6 is 11.3 Å². The second kappa shape index (κ2) is 6.56. The van der Waals surface area contributed by atoms with E-state index in [4.69, 9.17) is 9.47 Å². The first-order valence-corrected chi connectivity index (χ1v) is 7.97. The number of amides is 2. The highest BCUT2D eigenvalue weighted by Crippen LogP contribution is 2.29. The summed E-state index contributed by atoms with van der Waals surface area (Å²) >= 11 is 1.69. The molecule has 1 aliphatic heterocycles. The van der Waals surface area contributed by atoms with Gasteiger partial charge in [-0.05, 0) is 24.3 Å². The molecule has 1 aromatic heterocycles. The van der Waals surface area contributed by atoms with Gasteiger partial charge in [-0.3, -0.25) is 0 Å². The highest BCUT2D eigenvalue weighted by Gasteiger charge is 2.33. The molecule has 0 aromatic carbocycles. The van der Waals surface area contributed by atoms with E-state index in [9.17, 15) is 4.79 Å². The van der Waals surface area contributed by atoms with Crippen molar-refractivity contribution in [3.63, 3.8) is 0 Å². The average molecular weight is 296 g/mol. The van der Waals surface area contributed by atoms with E-state index in [0.29, 0.717) is 39.0 Å². The Bertz CT molecular complexity index is 428. The number of carbonyl (C=O) groups excluding carboxylic acids is 1. The van der Waals surface area contributed by atoms with Crippen LogP contribution in [0.25, 0.3) is 0 Å². The van der Waals surface area contributed by atoms with Crippen molar-refractivity contribution in [3.05, 3.63) is 22.4 Å². The lowest BCUT2D eigenvalue weighted by molar-refractivity contribution is -0.0856. The molecule has 2 aliphatic rings. The molecule has 0 spiro atoms. The molecule has 1 atom stereocenters. The molecule has 1 saturated heterocycles. The van der Waals surface area contributed by atoms with Crippen LogP contribution in [0.5, 0.6) is 0 Å². The van der Waals surface area contributed by atoms with Crippen LogP contribution in [-0.4, -0.2) is 49.4 Å². The van der Waals surface area contributed by atoms with Crippen molar-refractivity contribution in [2.24, 2.45) is 0 Å². The minimum atomic E-state index is -0.0181. The summed E-state index contributed by atoms with van der Waals surface area (Å²) in [6.07, 6.45) is 2.21. The Kier molecular flexibility index (Phi) is 4.54. The first kappa shape index (κ1) is 13.9. The Morgan fingerprint density at radius 3 is 3.00 bits per heavy atom. The summed E-state index contributed by atoms with van der Waals surface area (Å²) in [5, 5.41) is 5.02. The van der Waals surface area contributed by atoms with Gasteiger partial charge >= 0.3 is 6.03 Å². The molecule has 0 radical (unpaired) electrons. The predicted molar refractivity (Wildman–Crippen MR) is 76.8 cm³/mol. The van der Waals surface area contributed by atoms with Crippen molar-refractivity contribution in [1.82, 2.24) is 10.2 Å². The van der Waals surface area contributed by atoms with Gasteiger partial charge in [0.1, 0.15) is 0 Å². The Balaban J connectivity index is 1.50. The molecule has 20 heavy (non-hydrogen) atoms. The fraction of sp³-hybridized carbons (Fsp3) is 0.643. The summed E-state index contributed by atoms with van der Waals surface area (Å²) in [6, 6.07) is 4.51.